The summed E-state index contributed by atoms with van der Waals surface area (Å²) in [6.45, 7) is 1.11. The van der Waals surface area contributed by atoms with Gasteiger partial charge in [0.15, 0.2) is 0 Å². The Morgan fingerprint density at radius 2 is 1.90 bits per heavy atom. The predicted octanol–water partition coefficient (Wildman–Crippen LogP) is 1.74. The largest absolute Gasteiger partial charge is 0.399 e. The Hall–Kier alpha value is -1.11. The molecule has 2 fully saturated rings. The van der Waals surface area contributed by atoms with Crippen LogP contribution in [0.5, 0.6) is 0 Å². The zero-order valence-electron chi connectivity index (χ0n) is 12.1. The van der Waals surface area contributed by atoms with Crippen molar-refractivity contribution in [1.29, 1.82) is 0 Å². The Kier molecular flexibility index (Phi) is 4.19. The molecule has 3 rings (SSSR count). The number of rotatable bonds is 6. The lowest BCUT2D eigenvalue weighted by Crippen LogP contribution is -2.37. The molecular formula is C15H22N2O3S. The fourth-order valence-corrected chi connectivity index (χ4v) is 4.66. The van der Waals surface area contributed by atoms with Crippen LogP contribution in [0.15, 0.2) is 24.3 Å². The fourth-order valence-electron chi connectivity index (χ4n) is 2.73. The van der Waals surface area contributed by atoms with Gasteiger partial charge >= 0.3 is 0 Å². The Bertz CT molecular complexity index is 575. The topological polar surface area (TPSA) is 72.6 Å². The summed E-state index contributed by atoms with van der Waals surface area (Å²) in [6.07, 6.45) is 3.59. The van der Waals surface area contributed by atoms with Crippen LogP contribution in [0.25, 0.3) is 0 Å². The lowest BCUT2D eigenvalue weighted by molar-refractivity contribution is 0.126. The maximum atomic E-state index is 12.7. The molecule has 1 heterocycles. The summed E-state index contributed by atoms with van der Waals surface area (Å²) in [6, 6.07) is 7.58. The van der Waals surface area contributed by atoms with Gasteiger partial charge in [-0.25, -0.2) is 8.42 Å². The molecular weight excluding hydrogens is 288 g/mol. The Morgan fingerprint density at radius 1 is 1.19 bits per heavy atom. The number of benzene rings is 1. The first-order valence-corrected chi connectivity index (χ1v) is 9.11. The highest BCUT2D eigenvalue weighted by Crippen LogP contribution is 2.32. The van der Waals surface area contributed by atoms with Gasteiger partial charge in [0.25, 0.3) is 0 Å². The van der Waals surface area contributed by atoms with Gasteiger partial charge in [-0.05, 0) is 43.4 Å². The van der Waals surface area contributed by atoms with Crippen molar-refractivity contribution in [3.05, 3.63) is 29.8 Å². The van der Waals surface area contributed by atoms with E-state index >= 15 is 0 Å². The molecule has 116 valence electrons. The van der Waals surface area contributed by atoms with Gasteiger partial charge in [-0.1, -0.05) is 12.1 Å². The molecule has 2 N–H and O–H groups in total. The molecule has 1 atom stereocenters. The van der Waals surface area contributed by atoms with Gasteiger partial charge in [0.2, 0.25) is 10.0 Å². The summed E-state index contributed by atoms with van der Waals surface area (Å²) < 4.78 is 32.5. The van der Waals surface area contributed by atoms with Crippen LogP contribution in [0, 0.1) is 0 Å². The van der Waals surface area contributed by atoms with Crippen LogP contribution in [0.4, 0.5) is 5.69 Å². The summed E-state index contributed by atoms with van der Waals surface area (Å²) >= 11 is 0. The highest BCUT2D eigenvalue weighted by atomic mass is 32.2. The van der Waals surface area contributed by atoms with Crippen molar-refractivity contribution in [2.24, 2.45) is 0 Å². The van der Waals surface area contributed by atoms with E-state index in [1.54, 1.807) is 4.31 Å². The molecule has 1 saturated carbocycles. The number of nitrogens with zero attached hydrogens (tertiary/aromatic N) is 1. The summed E-state index contributed by atoms with van der Waals surface area (Å²) in [7, 11) is -3.27. The van der Waals surface area contributed by atoms with E-state index in [0.29, 0.717) is 18.8 Å². The Morgan fingerprint density at radius 3 is 2.48 bits per heavy atom. The van der Waals surface area contributed by atoms with Crippen molar-refractivity contribution >= 4 is 15.7 Å². The molecule has 2 aliphatic rings. The average Bonchev–Trinajstić information content (AvgIpc) is 3.15. The molecule has 1 aromatic rings. The maximum absolute atomic E-state index is 12.7. The molecule has 0 amide bonds. The molecule has 21 heavy (non-hydrogen) atoms. The standard InChI is InChI=1S/C15H22N2O3S/c16-13-5-3-12(4-6-13)10-17(14-7-8-14)21(18,19)11-15-2-1-9-20-15/h3-6,14-15H,1-2,7-11,16H2. The number of sulfonamides is 1. The van der Waals surface area contributed by atoms with Crippen molar-refractivity contribution in [1.82, 2.24) is 4.31 Å². The highest BCUT2D eigenvalue weighted by molar-refractivity contribution is 7.89. The van der Waals surface area contributed by atoms with E-state index in [0.717, 1.165) is 31.2 Å². The number of hydrogen-bond donors (Lipinski definition) is 1. The molecule has 0 aromatic heterocycles. The van der Waals surface area contributed by atoms with Crippen LogP contribution < -0.4 is 5.73 Å². The first-order chi connectivity index (χ1) is 10.0. The van der Waals surface area contributed by atoms with Gasteiger partial charge in [-0.2, -0.15) is 4.31 Å². The smallest absolute Gasteiger partial charge is 0.217 e. The van der Waals surface area contributed by atoms with Gasteiger partial charge in [0.05, 0.1) is 11.9 Å². The second kappa shape index (κ2) is 5.94. The van der Waals surface area contributed by atoms with Crippen LogP contribution in [-0.4, -0.2) is 37.2 Å². The van der Waals surface area contributed by atoms with E-state index in [4.69, 9.17) is 10.5 Å². The highest BCUT2D eigenvalue weighted by Gasteiger charge is 2.38. The van der Waals surface area contributed by atoms with E-state index in [2.05, 4.69) is 0 Å². The molecule has 5 nitrogen and oxygen atoms in total. The molecule has 1 aliphatic carbocycles. The Balaban J connectivity index is 1.72. The van der Waals surface area contributed by atoms with E-state index in [1.807, 2.05) is 24.3 Å². The Labute approximate surface area is 126 Å². The van der Waals surface area contributed by atoms with Crippen molar-refractivity contribution in [2.45, 2.75) is 44.4 Å². The quantitative estimate of drug-likeness (QED) is 0.812. The molecule has 0 spiro atoms. The van der Waals surface area contributed by atoms with Crippen LogP contribution in [0.3, 0.4) is 0 Å². The summed E-state index contributed by atoms with van der Waals surface area (Å²) in [5.74, 6) is 0.110. The zero-order chi connectivity index (χ0) is 14.9. The maximum Gasteiger partial charge on any atom is 0.217 e. The molecule has 1 saturated heterocycles. The molecule has 0 bridgehead atoms. The van der Waals surface area contributed by atoms with Gasteiger partial charge in [-0.3, -0.25) is 0 Å². The minimum Gasteiger partial charge on any atom is -0.399 e. The molecule has 0 radical (unpaired) electrons. The van der Waals surface area contributed by atoms with Gasteiger partial charge in [0.1, 0.15) is 0 Å². The first-order valence-electron chi connectivity index (χ1n) is 7.50. The SMILES string of the molecule is Nc1ccc(CN(C2CC2)S(=O)(=O)CC2CCCO2)cc1. The summed E-state index contributed by atoms with van der Waals surface area (Å²) in [4.78, 5) is 0. The van der Waals surface area contributed by atoms with E-state index in [1.165, 1.54) is 0 Å². The van der Waals surface area contributed by atoms with Gasteiger partial charge in [-0.15, -0.1) is 0 Å². The predicted molar refractivity (Wildman–Crippen MR) is 82.2 cm³/mol. The van der Waals surface area contributed by atoms with Crippen LogP contribution >= 0.6 is 0 Å². The number of anilines is 1. The van der Waals surface area contributed by atoms with Crippen molar-refractivity contribution in [3.63, 3.8) is 0 Å². The van der Waals surface area contributed by atoms with Gasteiger partial charge < -0.3 is 10.5 Å². The fraction of sp³-hybridized carbons (Fsp3) is 0.600. The third kappa shape index (κ3) is 3.75. The molecule has 1 aliphatic heterocycles. The lowest BCUT2D eigenvalue weighted by atomic mass is 10.2. The third-order valence-electron chi connectivity index (χ3n) is 4.05. The minimum absolute atomic E-state index is 0.110. The van der Waals surface area contributed by atoms with E-state index in [-0.39, 0.29) is 17.9 Å². The molecule has 1 unspecified atom stereocenters. The van der Waals surface area contributed by atoms with Gasteiger partial charge in [0, 0.05) is 24.9 Å². The second-order valence-corrected chi connectivity index (χ2v) is 7.90. The van der Waals surface area contributed by atoms with Crippen LogP contribution in [-0.2, 0) is 21.3 Å². The zero-order valence-corrected chi connectivity index (χ0v) is 12.9. The average molecular weight is 310 g/mol. The number of nitrogen functional groups attached to an aromatic ring is 1. The van der Waals surface area contributed by atoms with E-state index in [9.17, 15) is 8.42 Å². The number of nitrogens with two attached hydrogens (primary N) is 1. The van der Waals surface area contributed by atoms with E-state index < -0.39 is 10.0 Å². The van der Waals surface area contributed by atoms with Crippen molar-refractivity contribution in [2.75, 3.05) is 18.1 Å². The van der Waals surface area contributed by atoms with Crippen LogP contribution in [0.2, 0.25) is 0 Å². The third-order valence-corrected chi connectivity index (χ3v) is 5.98. The van der Waals surface area contributed by atoms with Crippen LogP contribution in [0.1, 0.15) is 31.2 Å². The van der Waals surface area contributed by atoms with Crippen molar-refractivity contribution < 1.29 is 13.2 Å². The summed E-state index contributed by atoms with van der Waals surface area (Å²) in [5, 5.41) is 0. The second-order valence-electron chi connectivity index (χ2n) is 5.93. The minimum atomic E-state index is -3.27. The number of hydrogen-bond acceptors (Lipinski definition) is 4. The normalized spacial score (nSPS) is 22.8. The summed E-state index contributed by atoms with van der Waals surface area (Å²) in [5.41, 5.74) is 7.35. The van der Waals surface area contributed by atoms with Crippen molar-refractivity contribution in [3.8, 4) is 0 Å². The molecule has 1 aromatic carbocycles. The number of ether oxygens (including phenoxy) is 1. The monoisotopic (exact) mass is 310 g/mol. The lowest BCUT2D eigenvalue weighted by Gasteiger charge is -2.23. The first kappa shape index (κ1) is 14.8. The molecule has 6 heteroatoms.